The van der Waals surface area contributed by atoms with Gasteiger partial charge in [0.25, 0.3) is 0 Å². The second-order valence-electron chi connectivity index (χ2n) is 4.40. The molecule has 0 bridgehead atoms. The number of aromatic hydroxyl groups is 1. The van der Waals surface area contributed by atoms with Crippen LogP contribution in [0, 0.1) is 0 Å². The van der Waals surface area contributed by atoms with Gasteiger partial charge in [0.1, 0.15) is 12.1 Å². The Kier molecular flexibility index (Phi) is 3.50. The maximum Gasteiger partial charge on any atom is 0.162 e. The van der Waals surface area contributed by atoms with Crippen molar-refractivity contribution < 1.29 is 9.84 Å². The summed E-state index contributed by atoms with van der Waals surface area (Å²) in [6.07, 6.45) is 1.45. The zero-order valence-corrected chi connectivity index (χ0v) is 11.9. The van der Waals surface area contributed by atoms with Crippen LogP contribution in [0.2, 0.25) is 5.02 Å². The van der Waals surface area contributed by atoms with Crippen molar-refractivity contribution in [2.45, 2.75) is 0 Å². The lowest BCUT2D eigenvalue weighted by Crippen LogP contribution is -1.96. The summed E-state index contributed by atoms with van der Waals surface area (Å²) in [5.74, 6) is 0.990. The van der Waals surface area contributed by atoms with E-state index in [1.807, 2.05) is 12.1 Å². The van der Waals surface area contributed by atoms with Crippen LogP contribution < -0.4 is 10.1 Å². The van der Waals surface area contributed by atoms with E-state index >= 15 is 0 Å². The fourth-order valence-electron chi connectivity index (χ4n) is 2.04. The molecule has 0 spiro atoms. The molecule has 0 unspecified atom stereocenters. The average molecular weight is 302 g/mol. The molecule has 5 nitrogen and oxygen atoms in total. The van der Waals surface area contributed by atoms with Crippen LogP contribution in [0.1, 0.15) is 0 Å². The SMILES string of the molecule is COc1cc2ncnc(Nc3cccc(Cl)c3)c2cc1O. The minimum Gasteiger partial charge on any atom is -0.504 e. The van der Waals surface area contributed by atoms with E-state index in [2.05, 4.69) is 15.3 Å². The van der Waals surface area contributed by atoms with Crippen LogP contribution in [-0.4, -0.2) is 22.2 Å². The number of nitrogens with one attached hydrogen (secondary N) is 1. The summed E-state index contributed by atoms with van der Waals surface area (Å²) >= 11 is 5.96. The third-order valence-electron chi connectivity index (χ3n) is 3.02. The molecule has 0 aliphatic carbocycles. The van der Waals surface area contributed by atoms with Crippen molar-refractivity contribution in [2.75, 3.05) is 12.4 Å². The van der Waals surface area contributed by atoms with E-state index in [0.29, 0.717) is 27.5 Å². The van der Waals surface area contributed by atoms with Gasteiger partial charge in [0.05, 0.1) is 12.6 Å². The van der Waals surface area contributed by atoms with Crippen LogP contribution in [0.5, 0.6) is 11.5 Å². The number of hydrogen-bond acceptors (Lipinski definition) is 5. The first-order valence-electron chi connectivity index (χ1n) is 6.21. The summed E-state index contributed by atoms with van der Waals surface area (Å²) in [7, 11) is 1.49. The first-order chi connectivity index (χ1) is 10.2. The topological polar surface area (TPSA) is 67.3 Å². The maximum atomic E-state index is 9.91. The normalized spacial score (nSPS) is 10.6. The molecular formula is C15H12ClN3O2. The van der Waals surface area contributed by atoms with E-state index in [1.54, 1.807) is 24.3 Å². The molecule has 2 N–H and O–H groups in total. The van der Waals surface area contributed by atoms with E-state index in [9.17, 15) is 5.11 Å². The van der Waals surface area contributed by atoms with E-state index in [4.69, 9.17) is 16.3 Å². The Balaban J connectivity index is 2.08. The summed E-state index contributed by atoms with van der Waals surface area (Å²) in [5.41, 5.74) is 1.47. The number of phenolic OH excluding ortho intramolecular Hbond substituents is 1. The van der Waals surface area contributed by atoms with Gasteiger partial charge in [0, 0.05) is 22.2 Å². The molecule has 3 rings (SSSR count). The molecule has 2 aromatic carbocycles. The lowest BCUT2D eigenvalue weighted by molar-refractivity contribution is 0.374. The average Bonchev–Trinajstić information content (AvgIpc) is 2.47. The predicted octanol–water partition coefficient (Wildman–Crippen LogP) is 3.74. The van der Waals surface area contributed by atoms with Crippen LogP contribution in [0.15, 0.2) is 42.7 Å². The number of fused-ring (bicyclic) bond motifs is 1. The van der Waals surface area contributed by atoms with Crippen LogP contribution in [0.25, 0.3) is 10.9 Å². The molecule has 0 fully saturated rings. The molecule has 0 aliphatic rings. The number of rotatable bonds is 3. The van der Waals surface area contributed by atoms with Gasteiger partial charge in [-0.2, -0.15) is 0 Å². The Morgan fingerprint density at radius 2 is 2.05 bits per heavy atom. The van der Waals surface area contributed by atoms with E-state index in [-0.39, 0.29) is 5.75 Å². The van der Waals surface area contributed by atoms with Crippen LogP contribution in [0.4, 0.5) is 11.5 Å². The van der Waals surface area contributed by atoms with Gasteiger partial charge in [-0.1, -0.05) is 17.7 Å². The molecule has 1 heterocycles. The van der Waals surface area contributed by atoms with Crippen LogP contribution >= 0.6 is 11.6 Å². The summed E-state index contributed by atoms with van der Waals surface area (Å²) in [4.78, 5) is 8.39. The summed E-state index contributed by atoms with van der Waals surface area (Å²) in [6.45, 7) is 0. The molecule has 0 aliphatic heterocycles. The van der Waals surface area contributed by atoms with Gasteiger partial charge in [-0.25, -0.2) is 9.97 Å². The highest BCUT2D eigenvalue weighted by Gasteiger charge is 2.09. The molecule has 21 heavy (non-hydrogen) atoms. The smallest absolute Gasteiger partial charge is 0.162 e. The number of aromatic nitrogens is 2. The first-order valence-corrected chi connectivity index (χ1v) is 6.59. The molecular weight excluding hydrogens is 290 g/mol. The molecule has 106 valence electrons. The highest BCUT2D eigenvalue weighted by atomic mass is 35.5. The highest BCUT2D eigenvalue weighted by molar-refractivity contribution is 6.30. The fourth-order valence-corrected chi connectivity index (χ4v) is 2.23. The largest absolute Gasteiger partial charge is 0.504 e. The molecule has 1 aromatic heterocycles. The van der Waals surface area contributed by atoms with Crippen molar-refractivity contribution in [3.8, 4) is 11.5 Å². The lowest BCUT2D eigenvalue weighted by Gasteiger charge is -2.10. The summed E-state index contributed by atoms with van der Waals surface area (Å²) in [5, 5.41) is 14.4. The van der Waals surface area contributed by atoms with Crippen LogP contribution in [0.3, 0.4) is 0 Å². The van der Waals surface area contributed by atoms with Gasteiger partial charge in [-0.15, -0.1) is 0 Å². The number of nitrogens with zero attached hydrogens (tertiary/aromatic N) is 2. The second kappa shape index (κ2) is 5.46. The Hall–Kier alpha value is -2.53. The molecule has 3 aromatic rings. The van der Waals surface area contributed by atoms with Crippen molar-refractivity contribution in [1.82, 2.24) is 9.97 Å². The zero-order chi connectivity index (χ0) is 14.8. The van der Waals surface area contributed by atoms with Gasteiger partial charge in [-0.3, -0.25) is 0 Å². The Morgan fingerprint density at radius 3 is 2.81 bits per heavy atom. The van der Waals surface area contributed by atoms with E-state index in [0.717, 1.165) is 5.69 Å². The molecule has 0 saturated heterocycles. The molecule has 0 atom stereocenters. The number of anilines is 2. The van der Waals surface area contributed by atoms with Gasteiger partial charge >= 0.3 is 0 Å². The monoisotopic (exact) mass is 301 g/mol. The number of methoxy groups -OCH3 is 1. The van der Waals surface area contributed by atoms with Crippen molar-refractivity contribution in [3.63, 3.8) is 0 Å². The number of hydrogen-bond donors (Lipinski definition) is 2. The molecule has 0 saturated carbocycles. The van der Waals surface area contributed by atoms with Crippen molar-refractivity contribution in [3.05, 3.63) is 47.7 Å². The number of halogens is 1. The highest BCUT2D eigenvalue weighted by Crippen LogP contribution is 2.33. The maximum absolute atomic E-state index is 9.91. The Labute approximate surface area is 126 Å². The van der Waals surface area contributed by atoms with Gasteiger partial charge in [0.2, 0.25) is 0 Å². The first kappa shape index (κ1) is 13.5. The third kappa shape index (κ3) is 2.68. The van der Waals surface area contributed by atoms with E-state index < -0.39 is 0 Å². The number of ether oxygens (including phenoxy) is 1. The number of benzene rings is 2. The lowest BCUT2D eigenvalue weighted by atomic mass is 10.2. The quantitative estimate of drug-likeness (QED) is 0.771. The number of phenols is 1. The summed E-state index contributed by atoms with van der Waals surface area (Å²) < 4.78 is 5.08. The zero-order valence-electron chi connectivity index (χ0n) is 11.2. The minimum atomic E-state index is 0.0361. The van der Waals surface area contributed by atoms with E-state index in [1.165, 1.54) is 13.4 Å². The molecule has 0 radical (unpaired) electrons. The third-order valence-corrected chi connectivity index (χ3v) is 3.26. The Morgan fingerprint density at radius 1 is 1.19 bits per heavy atom. The minimum absolute atomic E-state index is 0.0361. The standard InChI is InChI=1S/C15H12ClN3O2/c1-21-14-7-12-11(6-13(14)20)15(18-8-17-12)19-10-4-2-3-9(16)5-10/h2-8,20H,1H3,(H,17,18,19). The van der Waals surface area contributed by atoms with Crippen molar-refractivity contribution in [2.24, 2.45) is 0 Å². The summed E-state index contributed by atoms with van der Waals surface area (Å²) in [6, 6.07) is 10.5. The van der Waals surface area contributed by atoms with Crippen molar-refractivity contribution >= 4 is 34.0 Å². The predicted molar refractivity (Wildman–Crippen MR) is 82.5 cm³/mol. The fraction of sp³-hybridized carbons (Fsp3) is 0.0667. The van der Waals surface area contributed by atoms with Crippen molar-refractivity contribution in [1.29, 1.82) is 0 Å². The van der Waals surface area contributed by atoms with Crippen LogP contribution in [-0.2, 0) is 0 Å². The Bertz CT molecular complexity index is 808. The van der Waals surface area contributed by atoms with Gasteiger partial charge in [0.15, 0.2) is 11.5 Å². The molecule has 6 heteroatoms. The van der Waals surface area contributed by atoms with Gasteiger partial charge in [-0.05, 0) is 24.3 Å². The second-order valence-corrected chi connectivity index (χ2v) is 4.84. The van der Waals surface area contributed by atoms with Gasteiger partial charge < -0.3 is 15.2 Å². The molecule has 0 amide bonds.